The highest BCUT2D eigenvalue weighted by molar-refractivity contribution is 5.84. The minimum absolute atomic E-state index is 0.0774. The number of amides is 2. The SMILES string of the molecule is O=C(CN1CCN(C(=O)C2(C(F)(F)F)CCN(Cc3ccccc3)C2)CC1)N1CCCCC1. The molecule has 3 heterocycles. The molecule has 0 aliphatic carbocycles. The molecule has 6 nitrogen and oxygen atoms in total. The molecule has 0 N–H and O–H groups in total. The van der Waals surface area contributed by atoms with Crippen molar-refractivity contribution in [3.05, 3.63) is 35.9 Å². The minimum Gasteiger partial charge on any atom is -0.342 e. The summed E-state index contributed by atoms with van der Waals surface area (Å²) in [5, 5.41) is 0. The van der Waals surface area contributed by atoms with Crippen LogP contribution < -0.4 is 0 Å². The number of halogens is 3. The molecule has 4 rings (SSSR count). The zero-order chi connectivity index (χ0) is 23.5. The molecule has 1 atom stereocenters. The number of hydrogen-bond acceptors (Lipinski definition) is 4. The van der Waals surface area contributed by atoms with Crippen LogP contribution in [0.3, 0.4) is 0 Å². The van der Waals surface area contributed by atoms with E-state index in [1.165, 1.54) is 4.90 Å². The number of carbonyl (C=O) groups is 2. The molecule has 0 spiro atoms. The zero-order valence-electron chi connectivity index (χ0n) is 19.0. The van der Waals surface area contributed by atoms with Crippen molar-refractivity contribution in [3.8, 4) is 0 Å². The van der Waals surface area contributed by atoms with Gasteiger partial charge in [0.2, 0.25) is 11.8 Å². The third-order valence-corrected chi connectivity index (χ3v) is 7.28. The lowest BCUT2D eigenvalue weighted by Gasteiger charge is -2.40. The quantitative estimate of drug-likeness (QED) is 0.670. The first-order chi connectivity index (χ1) is 15.8. The van der Waals surface area contributed by atoms with Crippen molar-refractivity contribution in [1.29, 1.82) is 0 Å². The molecule has 1 aromatic rings. The number of piperazine rings is 1. The highest BCUT2D eigenvalue weighted by Crippen LogP contribution is 2.47. The van der Waals surface area contributed by atoms with Gasteiger partial charge in [0.05, 0.1) is 6.54 Å². The Balaban J connectivity index is 1.35. The molecule has 0 aromatic heterocycles. The van der Waals surface area contributed by atoms with Gasteiger partial charge in [0.25, 0.3) is 0 Å². The van der Waals surface area contributed by atoms with Crippen LogP contribution in [0.5, 0.6) is 0 Å². The number of likely N-dealkylation sites (tertiary alicyclic amines) is 2. The fraction of sp³-hybridized carbons (Fsp3) is 0.667. The van der Waals surface area contributed by atoms with E-state index in [-0.39, 0.29) is 45.1 Å². The monoisotopic (exact) mass is 466 g/mol. The summed E-state index contributed by atoms with van der Waals surface area (Å²) in [7, 11) is 0. The number of benzene rings is 1. The molecule has 0 saturated carbocycles. The molecule has 9 heteroatoms. The second-order valence-electron chi connectivity index (χ2n) is 9.54. The number of piperidine rings is 1. The van der Waals surface area contributed by atoms with Crippen LogP contribution in [0.25, 0.3) is 0 Å². The number of hydrogen-bond donors (Lipinski definition) is 0. The van der Waals surface area contributed by atoms with Gasteiger partial charge in [-0.25, -0.2) is 0 Å². The lowest BCUT2D eigenvalue weighted by molar-refractivity contribution is -0.224. The largest absolute Gasteiger partial charge is 0.404 e. The molecule has 0 bridgehead atoms. The second kappa shape index (κ2) is 10.0. The van der Waals surface area contributed by atoms with E-state index < -0.39 is 17.5 Å². The predicted octanol–water partition coefficient (Wildman–Crippen LogP) is 2.60. The summed E-state index contributed by atoms with van der Waals surface area (Å²) < 4.78 is 42.8. The van der Waals surface area contributed by atoms with Gasteiger partial charge in [-0.15, -0.1) is 0 Å². The van der Waals surface area contributed by atoms with Gasteiger partial charge in [-0.1, -0.05) is 30.3 Å². The average Bonchev–Trinajstić information content (AvgIpc) is 3.25. The number of alkyl halides is 3. The average molecular weight is 467 g/mol. The fourth-order valence-electron chi connectivity index (χ4n) is 5.24. The molecular weight excluding hydrogens is 433 g/mol. The van der Waals surface area contributed by atoms with Crippen molar-refractivity contribution in [2.75, 3.05) is 58.9 Å². The highest BCUT2D eigenvalue weighted by atomic mass is 19.4. The van der Waals surface area contributed by atoms with Crippen LogP contribution in [0.2, 0.25) is 0 Å². The molecule has 3 fully saturated rings. The van der Waals surface area contributed by atoms with E-state index in [1.807, 2.05) is 40.1 Å². The molecule has 182 valence electrons. The van der Waals surface area contributed by atoms with E-state index in [0.29, 0.717) is 19.6 Å². The van der Waals surface area contributed by atoms with Crippen LogP contribution in [0.4, 0.5) is 13.2 Å². The van der Waals surface area contributed by atoms with Crippen LogP contribution in [0.1, 0.15) is 31.2 Å². The first kappa shape index (κ1) is 24.0. The van der Waals surface area contributed by atoms with Gasteiger partial charge in [-0.05, 0) is 37.8 Å². The normalized spacial score (nSPS) is 25.4. The Hall–Kier alpha value is -2.13. The van der Waals surface area contributed by atoms with E-state index in [9.17, 15) is 22.8 Å². The third kappa shape index (κ3) is 5.35. The first-order valence-corrected chi connectivity index (χ1v) is 11.9. The smallest absolute Gasteiger partial charge is 0.342 e. The number of nitrogens with zero attached hydrogens (tertiary/aromatic N) is 4. The van der Waals surface area contributed by atoms with E-state index in [0.717, 1.165) is 37.9 Å². The van der Waals surface area contributed by atoms with Gasteiger partial charge >= 0.3 is 6.18 Å². The van der Waals surface area contributed by atoms with E-state index in [2.05, 4.69) is 0 Å². The summed E-state index contributed by atoms with van der Waals surface area (Å²) in [6.07, 6.45) is -1.62. The van der Waals surface area contributed by atoms with E-state index in [4.69, 9.17) is 0 Å². The molecule has 2 amide bonds. The van der Waals surface area contributed by atoms with Crippen LogP contribution >= 0.6 is 0 Å². The number of rotatable bonds is 5. The van der Waals surface area contributed by atoms with Gasteiger partial charge in [0.15, 0.2) is 5.41 Å². The summed E-state index contributed by atoms with van der Waals surface area (Å²) in [5.74, 6) is -0.735. The Morgan fingerprint density at radius 3 is 2.12 bits per heavy atom. The summed E-state index contributed by atoms with van der Waals surface area (Å²) in [6.45, 7) is 3.47. The van der Waals surface area contributed by atoms with Crippen molar-refractivity contribution in [1.82, 2.24) is 19.6 Å². The van der Waals surface area contributed by atoms with Crippen LogP contribution in [-0.4, -0.2) is 96.5 Å². The first-order valence-electron chi connectivity index (χ1n) is 11.9. The Morgan fingerprint density at radius 2 is 1.48 bits per heavy atom. The molecule has 1 unspecified atom stereocenters. The van der Waals surface area contributed by atoms with Gasteiger partial charge in [0, 0.05) is 52.4 Å². The predicted molar refractivity (Wildman–Crippen MR) is 118 cm³/mol. The fourth-order valence-corrected chi connectivity index (χ4v) is 5.24. The molecule has 1 aromatic carbocycles. The number of carbonyl (C=O) groups excluding carboxylic acids is 2. The topological polar surface area (TPSA) is 47.1 Å². The van der Waals surface area contributed by atoms with E-state index in [1.54, 1.807) is 4.90 Å². The molecule has 0 radical (unpaired) electrons. The van der Waals surface area contributed by atoms with E-state index >= 15 is 0 Å². The summed E-state index contributed by atoms with van der Waals surface area (Å²) >= 11 is 0. The Bertz CT molecular complexity index is 821. The van der Waals surface area contributed by atoms with Crippen molar-refractivity contribution in [2.24, 2.45) is 5.41 Å². The molecule has 3 aliphatic heterocycles. The second-order valence-corrected chi connectivity index (χ2v) is 9.54. The van der Waals surface area contributed by atoms with Gasteiger partial charge in [-0.3, -0.25) is 19.4 Å². The van der Waals surface area contributed by atoms with Crippen molar-refractivity contribution < 1.29 is 22.8 Å². The summed E-state index contributed by atoms with van der Waals surface area (Å²) in [6, 6.07) is 9.38. The molecule has 3 aliphatic rings. The summed E-state index contributed by atoms with van der Waals surface area (Å²) in [4.78, 5) is 32.7. The van der Waals surface area contributed by atoms with Crippen molar-refractivity contribution in [2.45, 2.75) is 38.4 Å². The van der Waals surface area contributed by atoms with Crippen molar-refractivity contribution in [3.63, 3.8) is 0 Å². The van der Waals surface area contributed by atoms with Crippen LogP contribution in [0, 0.1) is 5.41 Å². The maximum Gasteiger partial charge on any atom is 0.404 e. The molecular formula is C24H33F3N4O2. The lowest BCUT2D eigenvalue weighted by Crippen LogP contribution is -2.59. The summed E-state index contributed by atoms with van der Waals surface area (Å²) in [5.41, 5.74) is -1.41. The lowest BCUT2D eigenvalue weighted by atomic mass is 9.84. The maximum absolute atomic E-state index is 14.3. The Morgan fingerprint density at radius 1 is 0.818 bits per heavy atom. The Labute approximate surface area is 193 Å². The zero-order valence-corrected chi connectivity index (χ0v) is 19.0. The van der Waals surface area contributed by atoms with Crippen LogP contribution in [0.15, 0.2) is 30.3 Å². The van der Waals surface area contributed by atoms with Gasteiger partial charge in [-0.2, -0.15) is 13.2 Å². The Kier molecular flexibility index (Phi) is 7.28. The van der Waals surface area contributed by atoms with Crippen LogP contribution in [-0.2, 0) is 16.1 Å². The minimum atomic E-state index is -4.60. The standard InChI is InChI=1S/C24H33F3N4O2/c25-24(26,27)23(9-12-29(19-23)17-20-7-3-1-4-8-20)22(33)31-15-13-28(14-16-31)18-21(32)30-10-5-2-6-11-30/h1,3-4,7-8H,2,5-6,9-19H2. The van der Waals surface area contributed by atoms with Gasteiger partial charge < -0.3 is 9.80 Å². The van der Waals surface area contributed by atoms with Crippen molar-refractivity contribution >= 4 is 11.8 Å². The van der Waals surface area contributed by atoms with Gasteiger partial charge in [0.1, 0.15) is 0 Å². The maximum atomic E-state index is 14.3. The molecule has 33 heavy (non-hydrogen) atoms. The highest BCUT2D eigenvalue weighted by Gasteiger charge is 2.64. The third-order valence-electron chi connectivity index (χ3n) is 7.28. The molecule has 3 saturated heterocycles.